The zero-order chi connectivity index (χ0) is 20.2. The lowest BCUT2D eigenvalue weighted by atomic mass is 10.0. The first kappa shape index (κ1) is 19.7. The van der Waals surface area contributed by atoms with E-state index in [1.165, 1.54) is 5.69 Å². The highest BCUT2D eigenvalue weighted by Gasteiger charge is 2.36. The van der Waals surface area contributed by atoms with E-state index in [9.17, 15) is 4.79 Å². The van der Waals surface area contributed by atoms with E-state index >= 15 is 0 Å². The highest BCUT2D eigenvalue weighted by atomic mass is 16.2. The molecule has 2 aliphatic heterocycles. The molecule has 2 fully saturated rings. The number of rotatable bonds is 6. The standard InChI is InChI=1S/C23H31N5O/c1-3-25(4-2)20-10-8-19(9-11-20)23(29)28-17-21(18-28)26-13-15-27(16-14-26)22-7-5-6-12-24-22/h5-12,21H,3-4,13-18H2,1-2H3. The summed E-state index contributed by atoms with van der Waals surface area (Å²) in [4.78, 5) is 26.4. The third-order valence-electron chi connectivity index (χ3n) is 6.20. The molecule has 0 radical (unpaired) electrons. The Bertz CT molecular complexity index is 792. The van der Waals surface area contributed by atoms with Crippen LogP contribution in [-0.4, -0.2) is 79.1 Å². The van der Waals surface area contributed by atoms with E-state index in [1.54, 1.807) is 0 Å². The molecule has 2 saturated heterocycles. The molecule has 6 nitrogen and oxygen atoms in total. The minimum atomic E-state index is 0.152. The Morgan fingerprint density at radius 2 is 1.69 bits per heavy atom. The number of amides is 1. The molecule has 0 atom stereocenters. The summed E-state index contributed by atoms with van der Waals surface area (Å²) in [6, 6.07) is 14.6. The number of piperazine rings is 1. The van der Waals surface area contributed by atoms with E-state index in [4.69, 9.17) is 0 Å². The van der Waals surface area contributed by atoms with Crippen molar-refractivity contribution in [3.8, 4) is 0 Å². The first-order valence-corrected chi connectivity index (χ1v) is 10.7. The van der Waals surface area contributed by atoms with Crippen LogP contribution >= 0.6 is 0 Å². The second-order valence-corrected chi connectivity index (χ2v) is 7.79. The van der Waals surface area contributed by atoms with Gasteiger partial charge in [0.05, 0.1) is 0 Å². The maximum absolute atomic E-state index is 12.8. The number of nitrogens with zero attached hydrogens (tertiary/aromatic N) is 5. The van der Waals surface area contributed by atoms with Crippen molar-refractivity contribution in [1.82, 2.24) is 14.8 Å². The van der Waals surface area contributed by atoms with Gasteiger partial charge in [-0.1, -0.05) is 6.07 Å². The quantitative estimate of drug-likeness (QED) is 0.755. The molecule has 29 heavy (non-hydrogen) atoms. The molecule has 0 unspecified atom stereocenters. The summed E-state index contributed by atoms with van der Waals surface area (Å²) in [6.45, 7) is 12.0. The third-order valence-corrected chi connectivity index (χ3v) is 6.20. The minimum Gasteiger partial charge on any atom is -0.372 e. The molecule has 4 rings (SSSR count). The Morgan fingerprint density at radius 3 is 2.28 bits per heavy atom. The summed E-state index contributed by atoms with van der Waals surface area (Å²) in [6.07, 6.45) is 1.85. The van der Waals surface area contributed by atoms with Crippen LogP contribution in [0.4, 0.5) is 11.5 Å². The Kier molecular flexibility index (Phi) is 6.00. The molecule has 1 aromatic carbocycles. The number of benzene rings is 1. The predicted molar refractivity (Wildman–Crippen MR) is 118 cm³/mol. The molecule has 0 N–H and O–H groups in total. The van der Waals surface area contributed by atoms with Gasteiger partial charge in [-0.15, -0.1) is 0 Å². The number of likely N-dealkylation sites (tertiary alicyclic amines) is 1. The van der Waals surface area contributed by atoms with Gasteiger partial charge in [0.1, 0.15) is 5.82 Å². The number of aromatic nitrogens is 1. The predicted octanol–water partition coefficient (Wildman–Crippen LogP) is 2.57. The molecule has 0 aliphatic carbocycles. The van der Waals surface area contributed by atoms with Crippen LogP contribution in [0.3, 0.4) is 0 Å². The van der Waals surface area contributed by atoms with Crippen LogP contribution < -0.4 is 9.80 Å². The largest absolute Gasteiger partial charge is 0.372 e. The molecule has 154 valence electrons. The Hall–Kier alpha value is -2.60. The van der Waals surface area contributed by atoms with E-state index in [0.717, 1.165) is 63.7 Å². The molecule has 6 heteroatoms. The maximum Gasteiger partial charge on any atom is 0.253 e. The van der Waals surface area contributed by atoms with Gasteiger partial charge in [0.2, 0.25) is 0 Å². The molecule has 0 saturated carbocycles. The average Bonchev–Trinajstić information content (AvgIpc) is 2.75. The fourth-order valence-electron chi connectivity index (χ4n) is 4.30. The van der Waals surface area contributed by atoms with Crippen LogP contribution in [0.25, 0.3) is 0 Å². The first-order chi connectivity index (χ1) is 14.2. The Labute approximate surface area is 173 Å². The van der Waals surface area contributed by atoms with Gasteiger partial charge in [0.25, 0.3) is 5.91 Å². The van der Waals surface area contributed by atoms with Gasteiger partial charge in [-0.3, -0.25) is 9.69 Å². The van der Waals surface area contributed by atoms with Gasteiger partial charge in [-0.25, -0.2) is 4.98 Å². The molecule has 0 bridgehead atoms. The van der Waals surface area contributed by atoms with Gasteiger partial charge in [-0.05, 0) is 50.2 Å². The second kappa shape index (κ2) is 8.82. The Balaban J connectivity index is 1.26. The minimum absolute atomic E-state index is 0.152. The van der Waals surface area contributed by atoms with Crippen molar-refractivity contribution in [3.05, 3.63) is 54.2 Å². The van der Waals surface area contributed by atoms with Gasteiger partial charge in [0.15, 0.2) is 0 Å². The third kappa shape index (κ3) is 4.22. The van der Waals surface area contributed by atoms with Crippen LogP contribution in [0.2, 0.25) is 0 Å². The molecule has 2 aliphatic rings. The van der Waals surface area contributed by atoms with Gasteiger partial charge < -0.3 is 14.7 Å². The average molecular weight is 394 g/mol. The highest BCUT2D eigenvalue weighted by molar-refractivity contribution is 5.95. The monoisotopic (exact) mass is 393 g/mol. The molecule has 3 heterocycles. The van der Waals surface area contributed by atoms with Crippen molar-refractivity contribution >= 4 is 17.4 Å². The molecule has 0 spiro atoms. The van der Waals surface area contributed by atoms with Crippen molar-refractivity contribution in [3.63, 3.8) is 0 Å². The maximum atomic E-state index is 12.8. The van der Waals surface area contributed by atoms with Gasteiger partial charge in [-0.2, -0.15) is 0 Å². The van der Waals surface area contributed by atoms with Gasteiger partial charge >= 0.3 is 0 Å². The van der Waals surface area contributed by atoms with Gasteiger partial charge in [0, 0.05) is 75.8 Å². The van der Waals surface area contributed by atoms with Crippen LogP contribution in [0.5, 0.6) is 0 Å². The number of anilines is 2. The lowest BCUT2D eigenvalue weighted by Gasteiger charge is -2.48. The van der Waals surface area contributed by atoms with Crippen molar-refractivity contribution in [2.24, 2.45) is 0 Å². The van der Waals surface area contributed by atoms with E-state index in [2.05, 4.69) is 51.7 Å². The zero-order valence-corrected chi connectivity index (χ0v) is 17.5. The highest BCUT2D eigenvalue weighted by Crippen LogP contribution is 2.22. The number of carbonyl (C=O) groups excluding carboxylic acids is 1. The van der Waals surface area contributed by atoms with Crippen molar-refractivity contribution in [2.45, 2.75) is 19.9 Å². The molecule has 1 aromatic heterocycles. The lowest BCUT2D eigenvalue weighted by Crippen LogP contribution is -2.64. The van der Waals surface area contributed by atoms with E-state index in [-0.39, 0.29) is 5.91 Å². The number of hydrogen-bond acceptors (Lipinski definition) is 5. The number of hydrogen-bond donors (Lipinski definition) is 0. The summed E-state index contributed by atoms with van der Waals surface area (Å²) in [7, 11) is 0. The Morgan fingerprint density at radius 1 is 1.00 bits per heavy atom. The van der Waals surface area contributed by atoms with Crippen LogP contribution in [0.15, 0.2) is 48.7 Å². The molecule has 1 amide bonds. The summed E-state index contributed by atoms with van der Waals surface area (Å²) in [5.74, 6) is 1.21. The van der Waals surface area contributed by atoms with Crippen molar-refractivity contribution in [1.29, 1.82) is 0 Å². The first-order valence-electron chi connectivity index (χ1n) is 10.7. The van der Waals surface area contributed by atoms with Crippen molar-refractivity contribution < 1.29 is 4.79 Å². The fourth-order valence-corrected chi connectivity index (χ4v) is 4.30. The topological polar surface area (TPSA) is 42.9 Å². The molecular formula is C23H31N5O. The summed E-state index contributed by atoms with van der Waals surface area (Å²) in [5, 5.41) is 0. The van der Waals surface area contributed by atoms with Crippen LogP contribution in [-0.2, 0) is 0 Å². The molecule has 2 aromatic rings. The SMILES string of the molecule is CCN(CC)c1ccc(C(=O)N2CC(N3CCN(c4ccccn4)CC3)C2)cc1. The zero-order valence-electron chi connectivity index (χ0n) is 17.5. The smallest absolute Gasteiger partial charge is 0.253 e. The van der Waals surface area contributed by atoms with Crippen molar-refractivity contribution in [2.75, 3.05) is 62.2 Å². The number of pyridine rings is 1. The van der Waals surface area contributed by atoms with E-state index in [0.29, 0.717) is 6.04 Å². The summed E-state index contributed by atoms with van der Waals surface area (Å²) < 4.78 is 0. The van der Waals surface area contributed by atoms with E-state index in [1.807, 2.05) is 35.4 Å². The molecular weight excluding hydrogens is 362 g/mol. The second-order valence-electron chi connectivity index (χ2n) is 7.79. The van der Waals surface area contributed by atoms with Crippen LogP contribution in [0.1, 0.15) is 24.2 Å². The fraction of sp³-hybridized carbons (Fsp3) is 0.478. The van der Waals surface area contributed by atoms with E-state index < -0.39 is 0 Å². The summed E-state index contributed by atoms with van der Waals surface area (Å²) >= 11 is 0. The number of carbonyl (C=O) groups is 1. The van der Waals surface area contributed by atoms with Crippen LogP contribution in [0, 0.1) is 0 Å². The normalized spacial score (nSPS) is 17.9. The summed E-state index contributed by atoms with van der Waals surface area (Å²) in [5.41, 5.74) is 1.97. The lowest BCUT2D eigenvalue weighted by molar-refractivity contribution is 0.0246.